The molecule has 1 atom stereocenters. The molecular weight excluding hydrogens is 324 g/mol. The molecule has 2 rings (SSSR count). The van der Waals surface area contributed by atoms with Gasteiger partial charge in [0.2, 0.25) is 0 Å². The topological polar surface area (TPSA) is 86.7 Å². The number of rotatable bonds is 5. The Balaban J connectivity index is 2.06. The first-order chi connectivity index (χ1) is 9.40. The summed E-state index contributed by atoms with van der Waals surface area (Å²) in [6.07, 6.45) is 1.75. The van der Waals surface area contributed by atoms with E-state index in [1.807, 2.05) is 0 Å². The minimum Gasteiger partial charge on any atom is -0.480 e. The predicted octanol–water partition coefficient (Wildman–Crippen LogP) is 1.67. The van der Waals surface area contributed by atoms with Gasteiger partial charge in [0.05, 0.1) is 4.34 Å². The highest BCUT2D eigenvalue weighted by atomic mass is 35.5. The number of carboxylic acids is 1. The minimum atomic E-state index is -3.80. The Morgan fingerprint density at radius 1 is 1.50 bits per heavy atom. The van der Waals surface area contributed by atoms with Crippen LogP contribution in [0.4, 0.5) is 0 Å². The zero-order valence-corrected chi connectivity index (χ0v) is 13.0. The smallest absolute Gasteiger partial charge is 0.322 e. The maximum absolute atomic E-state index is 12.2. The SMILES string of the molecule is O=C(O)C1CCCCN1S(=O)(=O)NCc1ccc(Cl)s1. The van der Waals surface area contributed by atoms with Gasteiger partial charge in [-0.05, 0) is 31.4 Å². The van der Waals surface area contributed by atoms with Crippen LogP contribution in [0.2, 0.25) is 4.34 Å². The average Bonchev–Trinajstić information content (AvgIpc) is 2.82. The van der Waals surface area contributed by atoms with Crippen LogP contribution in [0.5, 0.6) is 0 Å². The Kier molecular flexibility index (Phi) is 5.03. The number of halogens is 1. The highest BCUT2D eigenvalue weighted by Crippen LogP contribution is 2.23. The van der Waals surface area contributed by atoms with Gasteiger partial charge < -0.3 is 5.11 Å². The fourth-order valence-corrected chi connectivity index (χ4v) is 4.65. The van der Waals surface area contributed by atoms with Crippen molar-refractivity contribution in [2.75, 3.05) is 6.54 Å². The molecule has 1 fully saturated rings. The molecule has 1 aliphatic heterocycles. The van der Waals surface area contributed by atoms with E-state index in [2.05, 4.69) is 4.72 Å². The molecule has 0 aromatic carbocycles. The van der Waals surface area contributed by atoms with E-state index in [4.69, 9.17) is 16.7 Å². The summed E-state index contributed by atoms with van der Waals surface area (Å²) in [7, 11) is -3.80. The Labute approximate surface area is 126 Å². The Morgan fingerprint density at radius 3 is 2.85 bits per heavy atom. The van der Waals surface area contributed by atoms with Gasteiger partial charge in [-0.2, -0.15) is 17.4 Å². The molecule has 0 bridgehead atoms. The van der Waals surface area contributed by atoms with Crippen LogP contribution in [0.25, 0.3) is 0 Å². The molecule has 0 amide bonds. The summed E-state index contributed by atoms with van der Waals surface area (Å²) in [6.45, 7) is 0.347. The van der Waals surface area contributed by atoms with Gasteiger partial charge in [-0.1, -0.05) is 11.6 Å². The van der Waals surface area contributed by atoms with E-state index in [0.29, 0.717) is 17.2 Å². The zero-order chi connectivity index (χ0) is 14.8. The lowest BCUT2D eigenvalue weighted by Gasteiger charge is -2.31. The summed E-state index contributed by atoms with van der Waals surface area (Å²) in [5.74, 6) is -1.10. The number of piperidine rings is 1. The lowest BCUT2D eigenvalue weighted by Crippen LogP contribution is -2.51. The second-order valence-corrected chi connectivity index (χ2v) is 8.00. The Morgan fingerprint density at radius 2 is 2.25 bits per heavy atom. The number of hydrogen-bond donors (Lipinski definition) is 2. The summed E-state index contributed by atoms with van der Waals surface area (Å²) < 4.78 is 28.5. The molecule has 0 saturated carbocycles. The van der Waals surface area contributed by atoms with E-state index in [1.165, 1.54) is 11.3 Å². The monoisotopic (exact) mass is 338 g/mol. The fraction of sp³-hybridized carbons (Fsp3) is 0.545. The van der Waals surface area contributed by atoms with Gasteiger partial charge >= 0.3 is 5.97 Å². The number of hydrogen-bond acceptors (Lipinski definition) is 4. The van der Waals surface area contributed by atoms with Gasteiger partial charge in [-0.3, -0.25) is 4.79 Å². The summed E-state index contributed by atoms with van der Waals surface area (Å²) in [4.78, 5) is 11.9. The van der Waals surface area contributed by atoms with Crippen LogP contribution in [0, 0.1) is 0 Å². The van der Waals surface area contributed by atoms with Crippen LogP contribution >= 0.6 is 22.9 Å². The number of carbonyl (C=O) groups is 1. The molecule has 0 spiro atoms. The maximum atomic E-state index is 12.2. The standard InChI is InChI=1S/C11H15ClN2O4S2/c12-10-5-4-8(19-10)7-13-20(17,18)14-6-2-1-3-9(14)11(15)16/h4-5,9,13H,1-3,6-7H2,(H,15,16). The van der Waals surface area contributed by atoms with Crippen LogP contribution in [0.3, 0.4) is 0 Å². The van der Waals surface area contributed by atoms with Gasteiger partial charge in [0.1, 0.15) is 6.04 Å². The van der Waals surface area contributed by atoms with Crippen molar-refractivity contribution in [3.05, 3.63) is 21.3 Å². The van der Waals surface area contributed by atoms with Crippen molar-refractivity contribution in [1.82, 2.24) is 9.03 Å². The van der Waals surface area contributed by atoms with E-state index in [9.17, 15) is 13.2 Å². The van der Waals surface area contributed by atoms with E-state index < -0.39 is 22.2 Å². The number of carboxylic acid groups (broad SMARTS) is 1. The maximum Gasteiger partial charge on any atom is 0.322 e. The van der Waals surface area contributed by atoms with Crippen LogP contribution in [0.1, 0.15) is 24.1 Å². The van der Waals surface area contributed by atoms with Gasteiger partial charge in [0, 0.05) is 18.0 Å². The molecule has 1 aromatic rings. The molecule has 1 aliphatic rings. The summed E-state index contributed by atoms with van der Waals surface area (Å²) >= 11 is 7.06. The second-order valence-electron chi connectivity index (χ2n) is 4.49. The number of nitrogens with one attached hydrogen (secondary N) is 1. The fourth-order valence-electron chi connectivity index (χ4n) is 2.13. The molecule has 2 N–H and O–H groups in total. The van der Waals surface area contributed by atoms with Gasteiger partial charge in [0.25, 0.3) is 10.2 Å². The zero-order valence-electron chi connectivity index (χ0n) is 10.6. The largest absolute Gasteiger partial charge is 0.480 e. The molecule has 2 heterocycles. The molecule has 0 radical (unpaired) electrons. The predicted molar refractivity (Wildman–Crippen MR) is 77.1 cm³/mol. The molecule has 6 nitrogen and oxygen atoms in total. The Bertz CT molecular complexity index is 587. The number of thiophene rings is 1. The van der Waals surface area contributed by atoms with Crippen molar-refractivity contribution < 1.29 is 18.3 Å². The van der Waals surface area contributed by atoms with Gasteiger partial charge in [-0.25, -0.2) is 0 Å². The van der Waals surface area contributed by atoms with Crippen molar-refractivity contribution in [2.45, 2.75) is 31.8 Å². The molecule has 1 unspecified atom stereocenters. The van der Waals surface area contributed by atoms with Crippen molar-refractivity contribution in [3.8, 4) is 0 Å². The Hall–Kier alpha value is -0.670. The third-order valence-corrected chi connectivity index (χ3v) is 5.90. The molecule has 112 valence electrons. The highest BCUT2D eigenvalue weighted by molar-refractivity contribution is 7.87. The molecular formula is C11H15ClN2O4S2. The number of aliphatic carboxylic acids is 1. The van der Waals surface area contributed by atoms with E-state index in [0.717, 1.165) is 15.6 Å². The van der Waals surface area contributed by atoms with Crippen LogP contribution in [-0.4, -0.2) is 36.4 Å². The lowest BCUT2D eigenvalue weighted by molar-refractivity contribution is -0.142. The number of nitrogens with zero attached hydrogens (tertiary/aromatic N) is 1. The van der Waals surface area contributed by atoms with Crippen LogP contribution in [-0.2, 0) is 21.5 Å². The van der Waals surface area contributed by atoms with Gasteiger partial charge in [0.15, 0.2) is 0 Å². The molecule has 1 saturated heterocycles. The highest BCUT2D eigenvalue weighted by Gasteiger charge is 2.36. The summed E-state index contributed by atoms with van der Waals surface area (Å²) in [6, 6.07) is 2.45. The molecule has 20 heavy (non-hydrogen) atoms. The summed E-state index contributed by atoms with van der Waals surface area (Å²) in [5.41, 5.74) is 0. The molecule has 0 aliphatic carbocycles. The first-order valence-electron chi connectivity index (χ1n) is 6.13. The first kappa shape index (κ1) is 15.7. The molecule has 9 heteroatoms. The van der Waals surface area contributed by atoms with Crippen LogP contribution in [0.15, 0.2) is 12.1 Å². The van der Waals surface area contributed by atoms with Crippen molar-refractivity contribution in [2.24, 2.45) is 0 Å². The van der Waals surface area contributed by atoms with E-state index in [1.54, 1.807) is 12.1 Å². The third kappa shape index (κ3) is 3.70. The summed E-state index contributed by atoms with van der Waals surface area (Å²) in [5, 5.41) is 9.11. The van der Waals surface area contributed by atoms with E-state index in [-0.39, 0.29) is 13.1 Å². The third-order valence-electron chi connectivity index (χ3n) is 3.11. The normalized spacial score (nSPS) is 20.9. The van der Waals surface area contributed by atoms with E-state index >= 15 is 0 Å². The van der Waals surface area contributed by atoms with Crippen molar-refractivity contribution in [1.29, 1.82) is 0 Å². The minimum absolute atomic E-state index is 0.114. The second kappa shape index (κ2) is 6.40. The first-order valence-corrected chi connectivity index (χ1v) is 8.77. The quantitative estimate of drug-likeness (QED) is 0.855. The lowest BCUT2D eigenvalue weighted by atomic mass is 10.1. The average molecular weight is 339 g/mol. The van der Waals surface area contributed by atoms with Crippen molar-refractivity contribution in [3.63, 3.8) is 0 Å². The van der Waals surface area contributed by atoms with Crippen LogP contribution < -0.4 is 4.72 Å². The van der Waals surface area contributed by atoms with Crippen molar-refractivity contribution >= 4 is 39.1 Å². The van der Waals surface area contributed by atoms with Gasteiger partial charge in [-0.15, -0.1) is 11.3 Å². The molecule has 1 aromatic heterocycles.